The van der Waals surface area contributed by atoms with E-state index in [1.807, 2.05) is 16.8 Å². The Kier molecular flexibility index (Phi) is 5.76. The lowest BCUT2D eigenvalue weighted by molar-refractivity contribution is -0.127. The summed E-state index contributed by atoms with van der Waals surface area (Å²) in [5.41, 5.74) is 8.13. The summed E-state index contributed by atoms with van der Waals surface area (Å²) in [6, 6.07) is 7.09. The number of hydrogen-bond acceptors (Lipinski definition) is 7. The highest BCUT2D eigenvalue weighted by molar-refractivity contribution is 5.98. The van der Waals surface area contributed by atoms with Crippen LogP contribution in [-0.2, 0) is 4.79 Å². The molecule has 0 spiro atoms. The van der Waals surface area contributed by atoms with E-state index in [0.29, 0.717) is 41.3 Å². The molecular formula is C22H26N8O2. The Hall–Kier alpha value is -3.95. The van der Waals surface area contributed by atoms with Crippen LogP contribution in [0.15, 0.2) is 43.2 Å². The first-order chi connectivity index (χ1) is 15.4. The van der Waals surface area contributed by atoms with Gasteiger partial charge in [0.15, 0.2) is 11.5 Å². The van der Waals surface area contributed by atoms with Gasteiger partial charge in [-0.2, -0.15) is 5.10 Å². The van der Waals surface area contributed by atoms with Crippen LogP contribution in [0.4, 0.5) is 17.3 Å². The fraction of sp³-hybridized carbons (Fsp3) is 0.318. The van der Waals surface area contributed by atoms with Gasteiger partial charge in [0, 0.05) is 38.4 Å². The van der Waals surface area contributed by atoms with Crippen molar-refractivity contribution in [3.8, 4) is 0 Å². The van der Waals surface area contributed by atoms with Gasteiger partial charge in [-0.15, -0.1) is 0 Å². The van der Waals surface area contributed by atoms with E-state index in [1.165, 1.54) is 17.3 Å². The normalized spacial score (nSPS) is 16.1. The maximum Gasteiger partial charge on any atom is 0.253 e. The van der Waals surface area contributed by atoms with E-state index in [2.05, 4.69) is 21.9 Å². The Labute approximate surface area is 185 Å². The summed E-state index contributed by atoms with van der Waals surface area (Å²) in [5, 5.41) is 8.65. The molecule has 2 aromatic heterocycles. The van der Waals surface area contributed by atoms with E-state index in [4.69, 9.17) is 10.8 Å². The number of amides is 2. The third kappa shape index (κ3) is 3.98. The smallest absolute Gasteiger partial charge is 0.253 e. The number of fused-ring (bicyclic) bond motifs is 1. The quantitative estimate of drug-likeness (QED) is 0.590. The summed E-state index contributed by atoms with van der Waals surface area (Å²) in [7, 11) is 3.43. The van der Waals surface area contributed by atoms with E-state index >= 15 is 0 Å². The van der Waals surface area contributed by atoms with Crippen LogP contribution in [0.25, 0.3) is 11.0 Å². The monoisotopic (exact) mass is 434 g/mol. The van der Waals surface area contributed by atoms with Crippen LogP contribution in [0.5, 0.6) is 0 Å². The van der Waals surface area contributed by atoms with Crippen molar-refractivity contribution in [2.24, 2.45) is 0 Å². The van der Waals surface area contributed by atoms with Crippen LogP contribution in [0.2, 0.25) is 0 Å². The van der Waals surface area contributed by atoms with Gasteiger partial charge in [-0.05, 0) is 43.2 Å². The number of nitrogens with two attached hydrogens (primary N) is 1. The minimum absolute atomic E-state index is 0.0416. The molecule has 2 amide bonds. The Balaban J connectivity index is 1.67. The molecule has 0 saturated carbocycles. The van der Waals surface area contributed by atoms with Crippen LogP contribution in [-0.4, -0.2) is 68.5 Å². The van der Waals surface area contributed by atoms with Gasteiger partial charge in [-0.25, -0.2) is 14.6 Å². The molecule has 1 aromatic carbocycles. The first-order valence-electron chi connectivity index (χ1n) is 10.4. The minimum atomic E-state index is -0.0917. The fourth-order valence-electron chi connectivity index (χ4n) is 3.91. The van der Waals surface area contributed by atoms with Gasteiger partial charge in [-0.1, -0.05) is 6.58 Å². The highest BCUT2D eigenvalue weighted by Gasteiger charge is 2.27. The zero-order valence-electron chi connectivity index (χ0n) is 18.2. The highest BCUT2D eigenvalue weighted by Crippen LogP contribution is 2.32. The Morgan fingerprint density at radius 3 is 2.69 bits per heavy atom. The molecule has 1 aliphatic heterocycles. The number of nitrogens with one attached hydrogen (secondary N) is 1. The molecule has 3 N–H and O–H groups in total. The molecule has 0 aliphatic carbocycles. The van der Waals surface area contributed by atoms with Crippen LogP contribution < -0.4 is 11.1 Å². The molecule has 1 aliphatic rings. The zero-order valence-corrected chi connectivity index (χ0v) is 18.2. The molecule has 166 valence electrons. The number of piperidine rings is 1. The second-order valence-corrected chi connectivity index (χ2v) is 7.94. The maximum absolute atomic E-state index is 12.1. The van der Waals surface area contributed by atoms with Gasteiger partial charge in [0.25, 0.3) is 5.91 Å². The maximum atomic E-state index is 12.1. The summed E-state index contributed by atoms with van der Waals surface area (Å²) in [6.45, 7) is 4.80. The summed E-state index contributed by atoms with van der Waals surface area (Å²) in [5.74, 6) is 0.681. The third-order valence-corrected chi connectivity index (χ3v) is 5.55. The van der Waals surface area contributed by atoms with Gasteiger partial charge in [0.05, 0.1) is 6.04 Å². The second kappa shape index (κ2) is 8.66. The van der Waals surface area contributed by atoms with E-state index in [0.717, 1.165) is 18.5 Å². The molecule has 10 heteroatoms. The number of likely N-dealkylation sites (tertiary alicyclic amines) is 1. The first-order valence-corrected chi connectivity index (χ1v) is 10.4. The molecule has 10 nitrogen and oxygen atoms in total. The molecule has 1 saturated heterocycles. The molecule has 0 radical (unpaired) electrons. The van der Waals surface area contributed by atoms with Gasteiger partial charge < -0.3 is 20.9 Å². The summed E-state index contributed by atoms with van der Waals surface area (Å²) in [4.78, 5) is 36.1. The van der Waals surface area contributed by atoms with Crippen molar-refractivity contribution in [3.05, 3.63) is 48.8 Å². The summed E-state index contributed by atoms with van der Waals surface area (Å²) < 4.78 is 1.82. The molecule has 3 heterocycles. The van der Waals surface area contributed by atoms with Crippen LogP contribution in [0.3, 0.4) is 0 Å². The number of nitrogen functional groups attached to an aromatic ring is 1. The largest absolute Gasteiger partial charge is 0.383 e. The second-order valence-electron chi connectivity index (χ2n) is 7.94. The Morgan fingerprint density at radius 1 is 1.25 bits per heavy atom. The molecule has 4 rings (SSSR count). The highest BCUT2D eigenvalue weighted by atomic mass is 16.2. The Morgan fingerprint density at radius 2 is 2.00 bits per heavy atom. The minimum Gasteiger partial charge on any atom is -0.383 e. The standard InChI is InChI=1S/C22H26N8O2/c1-4-17(31)29-11-5-6-16(12-29)30-21-18(19(23)24-13-25-21)20(27-30)26-15-9-7-14(8-10-15)22(32)28(2)3/h4,7-10,13,16H,1,5-6,11-12H2,2-3H3,(H,26,27)(H2,23,24,25). The average Bonchev–Trinajstić information content (AvgIpc) is 3.18. The van der Waals surface area contributed by atoms with E-state index in [9.17, 15) is 9.59 Å². The molecule has 32 heavy (non-hydrogen) atoms. The summed E-state index contributed by atoms with van der Waals surface area (Å²) >= 11 is 0. The number of anilines is 3. The third-order valence-electron chi connectivity index (χ3n) is 5.55. The molecule has 1 unspecified atom stereocenters. The number of nitrogens with zero attached hydrogens (tertiary/aromatic N) is 6. The summed E-state index contributed by atoms with van der Waals surface area (Å²) in [6.07, 6.45) is 4.47. The molecule has 3 aromatic rings. The van der Waals surface area contributed by atoms with E-state index < -0.39 is 0 Å². The lowest BCUT2D eigenvalue weighted by Gasteiger charge is -2.32. The van der Waals surface area contributed by atoms with Crippen molar-refractivity contribution in [1.29, 1.82) is 0 Å². The number of benzene rings is 1. The lowest BCUT2D eigenvalue weighted by Crippen LogP contribution is -2.40. The van der Waals surface area contributed by atoms with Crippen molar-refractivity contribution in [2.45, 2.75) is 18.9 Å². The van der Waals surface area contributed by atoms with Gasteiger partial charge in [0.2, 0.25) is 5.91 Å². The van der Waals surface area contributed by atoms with Gasteiger partial charge in [-0.3, -0.25) is 9.59 Å². The van der Waals surface area contributed by atoms with Crippen molar-refractivity contribution < 1.29 is 9.59 Å². The first kappa shape index (κ1) is 21.3. The number of hydrogen-bond donors (Lipinski definition) is 2. The van der Waals surface area contributed by atoms with Crippen LogP contribution >= 0.6 is 0 Å². The molecule has 0 bridgehead atoms. The number of rotatable bonds is 5. The lowest BCUT2D eigenvalue weighted by atomic mass is 10.1. The molecule has 1 atom stereocenters. The number of carbonyl (C=O) groups is 2. The van der Waals surface area contributed by atoms with Crippen molar-refractivity contribution in [1.82, 2.24) is 29.5 Å². The molecule has 1 fully saturated rings. The van der Waals surface area contributed by atoms with Crippen molar-refractivity contribution in [3.63, 3.8) is 0 Å². The predicted octanol–water partition coefficient (Wildman–Crippen LogP) is 2.20. The average molecular weight is 435 g/mol. The van der Waals surface area contributed by atoms with Gasteiger partial charge >= 0.3 is 0 Å². The van der Waals surface area contributed by atoms with E-state index in [-0.39, 0.29) is 17.9 Å². The SMILES string of the molecule is C=CC(=O)N1CCCC(n2nc(Nc3ccc(C(=O)N(C)C)cc3)c3c(N)ncnc32)C1. The van der Waals surface area contributed by atoms with E-state index in [1.54, 1.807) is 31.1 Å². The number of carbonyl (C=O) groups excluding carboxylic acids is 2. The Bertz CT molecular complexity index is 1170. The van der Waals surface area contributed by atoms with Gasteiger partial charge in [0.1, 0.15) is 17.5 Å². The van der Waals surface area contributed by atoms with Crippen LogP contribution in [0.1, 0.15) is 29.2 Å². The topological polar surface area (TPSA) is 122 Å². The predicted molar refractivity (Wildman–Crippen MR) is 123 cm³/mol. The van der Waals surface area contributed by atoms with Crippen LogP contribution in [0, 0.1) is 0 Å². The molecular weight excluding hydrogens is 408 g/mol. The van der Waals surface area contributed by atoms with Crippen molar-refractivity contribution in [2.75, 3.05) is 38.2 Å². The van der Waals surface area contributed by atoms with Crippen molar-refractivity contribution >= 4 is 40.2 Å². The fourth-order valence-corrected chi connectivity index (χ4v) is 3.91. The zero-order chi connectivity index (χ0) is 22.8. The number of aromatic nitrogens is 4.